The Morgan fingerprint density at radius 1 is 1.22 bits per heavy atom. The fraction of sp³-hybridized carbons (Fsp3) is 0.533. The highest BCUT2D eigenvalue weighted by atomic mass is 16.6. The monoisotopic (exact) mass is 248 g/mol. The molecular formula is C15H20O3. The lowest BCUT2D eigenvalue weighted by atomic mass is 9.97. The summed E-state index contributed by atoms with van der Waals surface area (Å²) < 4.78 is 12.0. The third-order valence-corrected chi connectivity index (χ3v) is 3.29. The van der Waals surface area contributed by atoms with Gasteiger partial charge in [-0.3, -0.25) is 4.79 Å². The van der Waals surface area contributed by atoms with E-state index >= 15 is 0 Å². The van der Waals surface area contributed by atoms with E-state index in [0.717, 1.165) is 18.5 Å². The van der Waals surface area contributed by atoms with E-state index in [-0.39, 0.29) is 17.3 Å². The summed E-state index contributed by atoms with van der Waals surface area (Å²) in [5.74, 6) is 0.778. The van der Waals surface area contributed by atoms with Gasteiger partial charge in [0, 0.05) is 12.0 Å². The van der Waals surface area contributed by atoms with Crippen molar-refractivity contribution >= 4 is 6.29 Å². The molecule has 0 spiro atoms. The molecule has 0 saturated carbocycles. The van der Waals surface area contributed by atoms with E-state index in [1.807, 2.05) is 26.0 Å². The Balaban J connectivity index is 2.11. The average molecular weight is 248 g/mol. The molecule has 0 N–H and O–H groups in total. The molecule has 1 aromatic carbocycles. The number of carbonyl (C=O) groups is 1. The predicted molar refractivity (Wildman–Crippen MR) is 70.1 cm³/mol. The molecule has 1 atom stereocenters. The molecule has 1 saturated heterocycles. The van der Waals surface area contributed by atoms with Gasteiger partial charge in [0.05, 0.1) is 5.60 Å². The summed E-state index contributed by atoms with van der Waals surface area (Å²) in [6.45, 7) is 8.25. The molecule has 1 fully saturated rings. The van der Waals surface area contributed by atoms with Crippen LogP contribution in [-0.4, -0.2) is 23.6 Å². The fourth-order valence-electron chi connectivity index (χ4n) is 2.48. The second-order valence-electron chi connectivity index (χ2n) is 5.96. The highest BCUT2D eigenvalue weighted by Crippen LogP contribution is 2.39. The lowest BCUT2D eigenvalue weighted by molar-refractivity contribution is -0.0846. The SMILES string of the molecule is CC1(C)CC(Oc2ccc(C=O)cc2)C(C)(C)O1. The predicted octanol–water partition coefficient (Wildman–Crippen LogP) is 3.22. The molecule has 1 unspecified atom stereocenters. The molecule has 2 rings (SSSR count). The van der Waals surface area contributed by atoms with Crippen LogP contribution in [0.25, 0.3) is 0 Å². The molecule has 1 aliphatic heterocycles. The van der Waals surface area contributed by atoms with Crippen molar-refractivity contribution in [1.82, 2.24) is 0 Å². The summed E-state index contributed by atoms with van der Waals surface area (Å²) in [7, 11) is 0. The molecule has 0 radical (unpaired) electrons. The number of hydrogen-bond acceptors (Lipinski definition) is 3. The van der Waals surface area contributed by atoms with Gasteiger partial charge in [0.1, 0.15) is 23.7 Å². The molecule has 3 nitrogen and oxygen atoms in total. The molecular weight excluding hydrogens is 228 g/mol. The first-order valence-corrected chi connectivity index (χ1v) is 6.24. The summed E-state index contributed by atoms with van der Waals surface area (Å²) >= 11 is 0. The second-order valence-corrected chi connectivity index (χ2v) is 5.96. The number of rotatable bonds is 3. The number of carbonyl (C=O) groups excluding carboxylic acids is 1. The molecule has 0 bridgehead atoms. The van der Waals surface area contributed by atoms with Crippen LogP contribution in [-0.2, 0) is 4.74 Å². The van der Waals surface area contributed by atoms with Crippen LogP contribution in [0.4, 0.5) is 0 Å². The summed E-state index contributed by atoms with van der Waals surface area (Å²) in [6, 6.07) is 7.17. The molecule has 1 aliphatic rings. The highest BCUT2D eigenvalue weighted by Gasteiger charge is 2.47. The van der Waals surface area contributed by atoms with E-state index in [1.54, 1.807) is 12.1 Å². The van der Waals surface area contributed by atoms with Crippen molar-refractivity contribution in [3.05, 3.63) is 29.8 Å². The zero-order valence-electron chi connectivity index (χ0n) is 11.4. The minimum absolute atomic E-state index is 0.0228. The van der Waals surface area contributed by atoms with Crippen LogP contribution < -0.4 is 4.74 Å². The van der Waals surface area contributed by atoms with Crippen molar-refractivity contribution in [1.29, 1.82) is 0 Å². The molecule has 1 heterocycles. The minimum Gasteiger partial charge on any atom is -0.487 e. The van der Waals surface area contributed by atoms with Gasteiger partial charge in [-0.25, -0.2) is 0 Å². The lowest BCUT2D eigenvalue weighted by Gasteiger charge is -2.27. The molecule has 1 aromatic rings. The average Bonchev–Trinajstić information content (AvgIpc) is 2.48. The third kappa shape index (κ3) is 2.72. The van der Waals surface area contributed by atoms with Gasteiger partial charge in [0.2, 0.25) is 0 Å². The summed E-state index contributed by atoms with van der Waals surface area (Å²) in [5, 5.41) is 0. The number of benzene rings is 1. The first kappa shape index (κ1) is 13.1. The fourth-order valence-corrected chi connectivity index (χ4v) is 2.48. The van der Waals surface area contributed by atoms with Crippen LogP contribution in [0.3, 0.4) is 0 Å². The highest BCUT2D eigenvalue weighted by molar-refractivity contribution is 5.74. The van der Waals surface area contributed by atoms with E-state index in [2.05, 4.69) is 13.8 Å². The lowest BCUT2D eigenvalue weighted by Crippen LogP contribution is -2.36. The molecule has 98 valence electrons. The van der Waals surface area contributed by atoms with E-state index in [9.17, 15) is 4.79 Å². The van der Waals surface area contributed by atoms with E-state index in [1.165, 1.54) is 0 Å². The summed E-state index contributed by atoms with van der Waals surface area (Å²) in [5.41, 5.74) is 0.202. The molecule has 0 aliphatic carbocycles. The standard InChI is InChI=1S/C15H20O3/c1-14(2)9-13(15(3,4)18-14)17-12-7-5-11(10-16)6-8-12/h5-8,10,13H,9H2,1-4H3. The van der Waals surface area contributed by atoms with Gasteiger partial charge in [-0.15, -0.1) is 0 Å². The second kappa shape index (κ2) is 4.39. The van der Waals surface area contributed by atoms with Gasteiger partial charge in [-0.1, -0.05) is 0 Å². The minimum atomic E-state index is -0.299. The largest absolute Gasteiger partial charge is 0.487 e. The Morgan fingerprint density at radius 2 is 1.83 bits per heavy atom. The maximum Gasteiger partial charge on any atom is 0.150 e. The normalized spacial score (nSPS) is 24.8. The van der Waals surface area contributed by atoms with Gasteiger partial charge in [0.25, 0.3) is 0 Å². The Labute approximate surface area is 108 Å². The van der Waals surface area contributed by atoms with Crippen molar-refractivity contribution in [2.45, 2.75) is 51.4 Å². The van der Waals surface area contributed by atoms with Crippen molar-refractivity contribution in [3.63, 3.8) is 0 Å². The van der Waals surface area contributed by atoms with Crippen LogP contribution in [0, 0.1) is 0 Å². The van der Waals surface area contributed by atoms with E-state index in [0.29, 0.717) is 5.56 Å². The maximum absolute atomic E-state index is 10.6. The first-order valence-electron chi connectivity index (χ1n) is 6.24. The molecule has 0 aromatic heterocycles. The zero-order valence-corrected chi connectivity index (χ0v) is 11.4. The van der Waals surface area contributed by atoms with Gasteiger partial charge in [0.15, 0.2) is 0 Å². The maximum atomic E-state index is 10.6. The van der Waals surface area contributed by atoms with Gasteiger partial charge >= 0.3 is 0 Å². The van der Waals surface area contributed by atoms with Crippen molar-refractivity contribution < 1.29 is 14.3 Å². The Bertz CT molecular complexity index is 432. The van der Waals surface area contributed by atoms with Gasteiger partial charge in [-0.05, 0) is 52.0 Å². The van der Waals surface area contributed by atoms with Gasteiger partial charge in [-0.2, -0.15) is 0 Å². The first-order chi connectivity index (χ1) is 8.32. The van der Waals surface area contributed by atoms with E-state index in [4.69, 9.17) is 9.47 Å². The smallest absolute Gasteiger partial charge is 0.150 e. The van der Waals surface area contributed by atoms with E-state index < -0.39 is 0 Å². The number of hydrogen-bond donors (Lipinski definition) is 0. The summed E-state index contributed by atoms with van der Waals surface area (Å²) in [4.78, 5) is 10.6. The number of ether oxygens (including phenoxy) is 2. The quantitative estimate of drug-likeness (QED) is 0.770. The van der Waals surface area contributed by atoms with Crippen LogP contribution in [0.15, 0.2) is 24.3 Å². The Hall–Kier alpha value is -1.35. The summed E-state index contributed by atoms with van der Waals surface area (Å²) in [6.07, 6.45) is 1.71. The Morgan fingerprint density at radius 3 is 2.28 bits per heavy atom. The van der Waals surface area contributed by atoms with Crippen molar-refractivity contribution in [3.8, 4) is 5.75 Å². The molecule has 3 heteroatoms. The topological polar surface area (TPSA) is 35.5 Å². The van der Waals surface area contributed by atoms with Crippen LogP contribution in [0.5, 0.6) is 5.75 Å². The van der Waals surface area contributed by atoms with Gasteiger partial charge < -0.3 is 9.47 Å². The third-order valence-electron chi connectivity index (χ3n) is 3.29. The van der Waals surface area contributed by atoms with Crippen LogP contribution in [0.2, 0.25) is 0 Å². The Kier molecular flexibility index (Phi) is 3.20. The van der Waals surface area contributed by atoms with Crippen LogP contribution in [0.1, 0.15) is 44.5 Å². The van der Waals surface area contributed by atoms with Crippen molar-refractivity contribution in [2.24, 2.45) is 0 Å². The van der Waals surface area contributed by atoms with Crippen LogP contribution >= 0.6 is 0 Å². The molecule has 0 amide bonds. The zero-order chi connectivity index (χ0) is 13.4. The van der Waals surface area contributed by atoms with Crippen molar-refractivity contribution in [2.75, 3.05) is 0 Å². The molecule has 18 heavy (non-hydrogen) atoms. The number of aldehydes is 1.